The molecule has 0 aliphatic heterocycles. The minimum Gasteiger partial charge on any atom is -0.308 e. The van der Waals surface area contributed by atoms with Crippen LogP contribution in [0.5, 0.6) is 0 Å². The van der Waals surface area contributed by atoms with Crippen LogP contribution in [0.3, 0.4) is 0 Å². The average molecular weight is 324 g/mol. The molecule has 1 aliphatic rings. The van der Waals surface area contributed by atoms with Crippen LogP contribution in [0.15, 0.2) is 12.3 Å². The standard InChI is InChI=1S/C16H22ClN3S/c1-3-21-13-6-4-5-12(13)20-14(7-9-17)19-15-11(2)8-10-18-16(15)20/h8,10,12-13H,3-7,9H2,1-2H3. The van der Waals surface area contributed by atoms with Crippen molar-refractivity contribution in [1.29, 1.82) is 0 Å². The molecule has 3 rings (SSSR count). The van der Waals surface area contributed by atoms with Crippen LogP contribution in [0.25, 0.3) is 11.2 Å². The Balaban J connectivity index is 2.10. The number of hydrogen-bond donors (Lipinski definition) is 0. The lowest BCUT2D eigenvalue weighted by atomic mass is 10.2. The van der Waals surface area contributed by atoms with E-state index in [0.717, 1.165) is 23.4 Å². The van der Waals surface area contributed by atoms with Gasteiger partial charge in [0.1, 0.15) is 11.3 Å². The molecule has 2 aromatic rings. The van der Waals surface area contributed by atoms with Crippen molar-refractivity contribution in [2.45, 2.75) is 50.8 Å². The number of imidazole rings is 1. The van der Waals surface area contributed by atoms with Crippen molar-refractivity contribution in [2.75, 3.05) is 11.6 Å². The second-order valence-electron chi connectivity index (χ2n) is 5.63. The Morgan fingerprint density at radius 2 is 2.29 bits per heavy atom. The third kappa shape index (κ3) is 2.80. The maximum Gasteiger partial charge on any atom is 0.160 e. The molecule has 2 unspecified atom stereocenters. The van der Waals surface area contributed by atoms with Gasteiger partial charge >= 0.3 is 0 Å². The second kappa shape index (κ2) is 6.57. The normalized spacial score (nSPS) is 22.2. The SMILES string of the molecule is CCSC1CCCC1n1c(CCCl)nc2c(C)ccnc21. The topological polar surface area (TPSA) is 30.7 Å². The second-order valence-corrected chi connectivity index (χ2v) is 7.52. The van der Waals surface area contributed by atoms with Crippen LogP contribution in [0.2, 0.25) is 0 Å². The molecule has 2 atom stereocenters. The fourth-order valence-corrected chi connectivity index (χ4v) is 4.79. The highest BCUT2D eigenvalue weighted by atomic mass is 35.5. The fraction of sp³-hybridized carbons (Fsp3) is 0.625. The molecule has 2 aromatic heterocycles. The summed E-state index contributed by atoms with van der Waals surface area (Å²) in [5, 5.41) is 0.684. The summed E-state index contributed by atoms with van der Waals surface area (Å²) in [7, 11) is 0. The van der Waals surface area contributed by atoms with E-state index in [4.69, 9.17) is 16.6 Å². The molecule has 0 N–H and O–H groups in total. The van der Waals surface area contributed by atoms with Crippen LogP contribution >= 0.6 is 23.4 Å². The number of halogens is 1. The summed E-state index contributed by atoms with van der Waals surface area (Å²) in [6.45, 7) is 4.35. The molecule has 0 radical (unpaired) electrons. The van der Waals surface area contributed by atoms with E-state index in [1.165, 1.54) is 30.6 Å². The van der Waals surface area contributed by atoms with Crippen LogP contribution in [-0.2, 0) is 6.42 Å². The van der Waals surface area contributed by atoms with Crippen LogP contribution in [0.1, 0.15) is 43.6 Å². The van der Waals surface area contributed by atoms with Crippen molar-refractivity contribution in [1.82, 2.24) is 14.5 Å². The summed E-state index contributed by atoms with van der Waals surface area (Å²) in [5.74, 6) is 2.89. The fourth-order valence-electron chi connectivity index (χ4n) is 3.38. The van der Waals surface area contributed by atoms with Gasteiger partial charge in [0, 0.05) is 29.8 Å². The van der Waals surface area contributed by atoms with Crippen molar-refractivity contribution >= 4 is 34.5 Å². The molecular formula is C16H22ClN3S. The monoisotopic (exact) mass is 323 g/mol. The predicted octanol–water partition coefficient (Wildman–Crippen LogP) is 4.37. The van der Waals surface area contributed by atoms with Crippen molar-refractivity contribution < 1.29 is 0 Å². The summed E-state index contributed by atoms with van der Waals surface area (Å²) in [6.07, 6.45) is 6.55. The third-order valence-corrected chi connectivity index (χ3v) is 5.80. The largest absolute Gasteiger partial charge is 0.308 e. The minimum atomic E-state index is 0.521. The van der Waals surface area contributed by atoms with E-state index in [0.29, 0.717) is 17.2 Å². The number of pyridine rings is 1. The smallest absolute Gasteiger partial charge is 0.160 e. The Morgan fingerprint density at radius 3 is 3.05 bits per heavy atom. The average Bonchev–Trinajstić information content (AvgIpc) is 3.04. The van der Waals surface area contributed by atoms with Crippen LogP contribution in [0, 0.1) is 6.92 Å². The maximum absolute atomic E-state index is 6.00. The number of alkyl halides is 1. The molecule has 21 heavy (non-hydrogen) atoms. The van der Waals surface area contributed by atoms with Gasteiger partial charge in [-0.2, -0.15) is 11.8 Å². The summed E-state index contributed by atoms with van der Waals surface area (Å²) >= 11 is 8.08. The van der Waals surface area contributed by atoms with Crippen molar-refractivity contribution in [3.05, 3.63) is 23.7 Å². The molecule has 0 saturated heterocycles. The molecule has 5 heteroatoms. The molecule has 0 aromatic carbocycles. The van der Waals surface area contributed by atoms with E-state index >= 15 is 0 Å². The lowest BCUT2D eigenvalue weighted by Crippen LogP contribution is -2.19. The highest BCUT2D eigenvalue weighted by molar-refractivity contribution is 7.99. The van der Waals surface area contributed by atoms with Gasteiger partial charge < -0.3 is 4.57 Å². The first-order valence-electron chi connectivity index (χ1n) is 7.76. The van der Waals surface area contributed by atoms with E-state index in [-0.39, 0.29) is 0 Å². The molecule has 0 spiro atoms. The summed E-state index contributed by atoms with van der Waals surface area (Å²) in [5.41, 5.74) is 3.29. The van der Waals surface area contributed by atoms with E-state index in [1.54, 1.807) is 0 Å². The first-order valence-corrected chi connectivity index (χ1v) is 9.34. The Labute approximate surface area is 135 Å². The quantitative estimate of drug-likeness (QED) is 0.766. The highest BCUT2D eigenvalue weighted by Crippen LogP contribution is 2.40. The zero-order chi connectivity index (χ0) is 14.8. The first-order chi connectivity index (χ1) is 10.3. The summed E-state index contributed by atoms with van der Waals surface area (Å²) < 4.78 is 2.39. The minimum absolute atomic E-state index is 0.521. The zero-order valence-electron chi connectivity index (χ0n) is 12.7. The van der Waals surface area contributed by atoms with Gasteiger partial charge in [-0.3, -0.25) is 0 Å². The zero-order valence-corrected chi connectivity index (χ0v) is 14.3. The Kier molecular flexibility index (Phi) is 4.75. The maximum atomic E-state index is 6.00. The van der Waals surface area contributed by atoms with Gasteiger partial charge in [0.15, 0.2) is 5.65 Å². The highest BCUT2D eigenvalue weighted by Gasteiger charge is 2.31. The number of fused-ring (bicyclic) bond motifs is 1. The van der Waals surface area contributed by atoms with Gasteiger partial charge in [-0.05, 0) is 37.1 Å². The lowest BCUT2D eigenvalue weighted by molar-refractivity contribution is 0.519. The molecule has 1 saturated carbocycles. The number of rotatable bonds is 5. The Morgan fingerprint density at radius 1 is 1.43 bits per heavy atom. The van der Waals surface area contributed by atoms with Crippen LogP contribution in [0.4, 0.5) is 0 Å². The number of aromatic nitrogens is 3. The first kappa shape index (κ1) is 15.2. The van der Waals surface area contributed by atoms with Crippen molar-refractivity contribution in [3.8, 4) is 0 Å². The summed E-state index contributed by atoms with van der Waals surface area (Å²) in [4.78, 5) is 9.48. The van der Waals surface area contributed by atoms with Crippen molar-refractivity contribution in [2.24, 2.45) is 0 Å². The number of aryl methyl sites for hydroxylation is 2. The number of thioether (sulfide) groups is 1. The van der Waals surface area contributed by atoms with Crippen LogP contribution in [-0.4, -0.2) is 31.4 Å². The molecule has 0 amide bonds. The van der Waals surface area contributed by atoms with Crippen LogP contribution < -0.4 is 0 Å². The van der Waals surface area contributed by atoms with Gasteiger partial charge in [-0.1, -0.05) is 13.3 Å². The molecule has 1 fully saturated rings. The molecular weight excluding hydrogens is 302 g/mol. The van der Waals surface area contributed by atoms with E-state index in [2.05, 4.69) is 35.2 Å². The molecule has 0 bridgehead atoms. The third-order valence-electron chi connectivity index (χ3n) is 4.30. The summed E-state index contributed by atoms with van der Waals surface area (Å²) in [6, 6.07) is 2.56. The van der Waals surface area contributed by atoms with Gasteiger partial charge in [-0.25, -0.2) is 9.97 Å². The van der Waals surface area contributed by atoms with E-state index in [1.807, 2.05) is 12.3 Å². The number of nitrogens with zero attached hydrogens (tertiary/aromatic N) is 3. The lowest BCUT2D eigenvalue weighted by Gasteiger charge is -2.22. The van der Waals surface area contributed by atoms with E-state index in [9.17, 15) is 0 Å². The van der Waals surface area contributed by atoms with Crippen molar-refractivity contribution in [3.63, 3.8) is 0 Å². The van der Waals surface area contributed by atoms with Gasteiger partial charge in [-0.15, -0.1) is 11.6 Å². The van der Waals surface area contributed by atoms with E-state index < -0.39 is 0 Å². The van der Waals surface area contributed by atoms with Gasteiger partial charge in [0.25, 0.3) is 0 Å². The molecule has 2 heterocycles. The molecule has 1 aliphatic carbocycles. The molecule has 3 nitrogen and oxygen atoms in total. The van der Waals surface area contributed by atoms with Gasteiger partial charge in [0.2, 0.25) is 0 Å². The Hall–Kier alpha value is -0.740. The Bertz CT molecular complexity index is 625. The predicted molar refractivity (Wildman–Crippen MR) is 91.5 cm³/mol. The van der Waals surface area contributed by atoms with Gasteiger partial charge in [0.05, 0.1) is 0 Å². The molecule has 114 valence electrons. The number of hydrogen-bond acceptors (Lipinski definition) is 3.